The standard InChI is InChI=1S/C9H9N3/c1-10-8-3-2-4-9-7(8)5-11-6-12-9/h2-6,10H,1H3. The van der Waals surface area contributed by atoms with Crippen LogP contribution in [-0.4, -0.2) is 17.0 Å². The van der Waals surface area contributed by atoms with Gasteiger partial charge in [-0.05, 0) is 12.1 Å². The molecular formula is C9H9N3. The molecule has 2 aromatic rings. The first-order valence-corrected chi connectivity index (χ1v) is 3.78. The molecule has 0 bridgehead atoms. The predicted molar refractivity (Wildman–Crippen MR) is 49.1 cm³/mol. The Balaban J connectivity index is 2.79. The second-order valence-electron chi connectivity index (χ2n) is 2.51. The molecule has 0 aliphatic carbocycles. The molecule has 1 aromatic carbocycles. The fourth-order valence-corrected chi connectivity index (χ4v) is 1.22. The van der Waals surface area contributed by atoms with E-state index in [0.717, 1.165) is 16.6 Å². The lowest BCUT2D eigenvalue weighted by Crippen LogP contribution is -1.90. The second-order valence-corrected chi connectivity index (χ2v) is 2.51. The highest BCUT2D eigenvalue weighted by molar-refractivity contribution is 5.90. The van der Waals surface area contributed by atoms with Gasteiger partial charge in [0.15, 0.2) is 0 Å². The zero-order valence-electron chi connectivity index (χ0n) is 6.78. The van der Waals surface area contributed by atoms with Crippen LogP contribution in [0.5, 0.6) is 0 Å². The zero-order chi connectivity index (χ0) is 8.39. The summed E-state index contributed by atoms with van der Waals surface area (Å²) in [5, 5.41) is 4.15. The van der Waals surface area contributed by atoms with Crippen LogP contribution in [0.25, 0.3) is 10.9 Å². The van der Waals surface area contributed by atoms with Gasteiger partial charge in [0.05, 0.1) is 5.52 Å². The van der Waals surface area contributed by atoms with Crippen molar-refractivity contribution in [2.24, 2.45) is 0 Å². The van der Waals surface area contributed by atoms with Gasteiger partial charge in [0, 0.05) is 24.3 Å². The number of aromatic nitrogens is 2. The van der Waals surface area contributed by atoms with Crippen LogP contribution >= 0.6 is 0 Å². The van der Waals surface area contributed by atoms with Crippen molar-refractivity contribution in [3.63, 3.8) is 0 Å². The van der Waals surface area contributed by atoms with Crippen LogP contribution < -0.4 is 5.32 Å². The van der Waals surface area contributed by atoms with E-state index < -0.39 is 0 Å². The molecule has 0 aliphatic rings. The molecule has 0 spiro atoms. The first kappa shape index (κ1) is 7.03. The minimum absolute atomic E-state index is 0.969. The van der Waals surface area contributed by atoms with E-state index in [4.69, 9.17) is 0 Å². The van der Waals surface area contributed by atoms with Crippen molar-refractivity contribution in [1.82, 2.24) is 9.97 Å². The number of fused-ring (bicyclic) bond motifs is 1. The van der Waals surface area contributed by atoms with E-state index in [1.807, 2.05) is 31.4 Å². The van der Waals surface area contributed by atoms with E-state index in [2.05, 4.69) is 15.3 Å². The summed E-state index contributed by atoms with van der Waals surface area (Å²) >= 11 is 0. The largest absolute Gasteiger partial charge is 0.388 e. The molecule has 3 nitrogen and oxygen atoms in total. The molecule has 0 fully saturated rings. The van der Waals surface area contributed by atoms with Crippen LogP contribution in [0.4, 0.5) is 5.69 Å². The van der Waals surface area contributed by atoms with E-state index in [1.54, 1.807) is 6.33 Å². The Hall–Kier alpha value is -1.64. The van der Waals surface area contributed by atoms with Gasteiger partial charge in [-0.2, -0.15) is 0 Å². The van der Waals surface area contributed by atoms with Crippen molar-refractivity contribution in [2.45, 2.75) is 0 Å². The topological polar surface area (TPSA) is 37.8 Å². The highest BCUT2D eigenvalue weighted by atomic mass is 14.9. The molecule has 2 rings (SSSR count). The van der Waals surface area contributed by atoms with Crippen LogP contribution in [0.3, 0.4) is 0 Å². The molecule has 0 aliphatic heterocycles. The Morgan fingerprint density at radius 3 is 3.08 bits per heavy atom. The van der Waals surface area contributed by atoms with Gasteiger partial charge in [-0.25, -0.2) is 9.97 Å². The number of hydrogen-bond acceptors (Lipinski definition) is 3. The van der Waals surface area contributed by atoms with Crippen molar-refractivity contribution in [2.75, 3.05) is 12.4 Å². The number of benzene rings is 1. The van der Waals surface area contributed by atoms with Crippen molar-refractivity contribution >= 4 is 16.6 Å². The van der Waals surface area contributed by atoms with Gasteiger partial charge < -0.3 is 5.32 Å². The maximum Gasteiger partial charge on any atom is 0.116 e. The minimum atomic E-state index is 0.969. The molecule has 60 valence electrons. The van der Waals surface area contributed by atoms with Gasteiger partial charge in [0.25, 0.3) is 0 Å². The lowest BCUT2D eigenvalue weighted by Gasteiger charge is -2.02. The fourth-order valence-electron chi connectivity index (χ4n) is 1.22. The third-order valence-corrected chi connectivity index (χ3v) is 1.82. The smallest absolute Gasteiger partial charge is 0.116 e. The average Bonchev–Trinajstić information content (AvgIpc) is 2.17. The van der Waals surface area contributed by atoms with Gasteiger partial charge in [0.2, 0.25) is 0 Å². The van der Waals surface area contributed by atoms with E-state index in [0.29, 0.717) is 0 Å². The van der Waals surface area contributed by atoms with Gasteiger partial charge in [-0.1, -0.05) is 6.07 Å². The average molecular weight is 159 g/mol. The molecule has 0 amide bonds. The Bertz CT molecular complexity index is 392. The van der Waals surface area contributed by atoms with Crippen molar-refractivity contribution in [3.05, 3.63) is 30.7 Å². The monoisotopic (exact) mass is 159 g/mol. The third-order valence-electron chi connectivity index (χ3n) is 1.82. The minimum Gasteiger partial charge on any atom is -0.388 e. The van der Waals surface area contributed by atoms with E-state index in [9.17, 15) is 0 Å². The quantitative estimate of drug-likeness (QED) is 0.687. The molecule has 0 saturated carbocycles. The predicted octanol–water partition coefficient (Wildman–Crippen LogP) is 1.67. The first-order valence-electron chi connectivity index (χ1n) is 3.78. The van der Waals surface area contributed by atoms with E-state index in [1.165, 1.54) is 0 Å². The van der Waals surface area contributed by atoms with Crippen molar-refractivity contribution < 1.29 is 0 Å². The summed E-state index contributed by atoms with van der Waals surface area (Å²) in [6.07, 6.45) is 3.37. The summed E-state index contributed by atoms with van der Waals surface area (Å²) in [7, 11) is 1.89. The summed E-state index contributed by atoms with van der Waals surface area (Å²) in [4.78, 5) is 8.11. The summed E-state index contributed by atoms with van der Waals surface area (Å²) in [6, 6.07) is 5.95. The van der Waals surface area contributed by atoms with Crippen LogP contribution in [0.1, 0.15) is 0 Å². The highest BCUT2D eigenvalue weighted by Gasteiger charge is 1.97. The van der Waals surface area contributed by atoms with Gasteiger partial charge in [-0.3, -0.25) is 0 Å². The number of anilines is 1. The summed E-state index contributed by atoms with van der Waals surface area (Å²) in [6.45, 7) is 0. The van der Waals surface area contributed by atoms with Crippen LogP contribution in [0, 0.1) is 0 Å². The zero-order valence-corrected chi connectivity index (χ0v) is 6.78. The molecular weight excluding hydrogens is 150 g/mol. The van der Waals surface area contributed by atoms with Gasteiger partial charge >= 0.3 is 0 Å². The Morgan fingerprint density at radius 1 is 1.33 bits per heavy atom. The molecule has 1 aromatic heterocycles. The summed E-state index contributed by atoms with van der Waals surface area (Å²) in [5.41, 5.74) is 2.03. The molecule has 0 radical (unpaired) electrons. The Morgan fingerprint density at radius 2 is 2.25 bits per heavy atom. The Labute approximate surface area is 70.5 Å². The molecule has 3 heteroatoms. The second kappa shape index (κ2) is 2.77. The van der Waals surface area contributed by atoms with Gasteiger partial charge in [-0.15, -0.1) is 0 Å². The fraction of sp³-hybridized carbons (Fsp3) is 0.111. The molecule has 0 atom stereocenters. The van der Waals surface area contributed by atoms with Crippen molar-refractivity contribution in [3.8, 4) is 0 Å². The Kier molecular flexibility index (Phi) is 1.63. The lowest BCUT2D eigenvalue weighted by molar-refractivity contribution is 1.22. The third kappa shape index (κ3) is 0.993. The number of nitrogens with zero attached hydrogens (tertiary/aromatic N) is 2. The van der Waals surface area contributed by atoms with Crippen molar-refractivity contribution in [1.29, 1.82) is 0 Å². The SMILES string of the molecule is CNc1cccc2ncncc12. The molecule has 1 N–H and O–H groups in total. The normalized spacial score (nSPS) is 10.1. The molecule has 0 unspecified atom stereocenters. The maximum atomic E-state index is 4.14. The summed E-state index contributed by atoms with van der Waals surface area (Å²) in [5.74, 6) is 0. The maximum absolute atomic E-state index is 4.14. The van der Waals surface area contributed by atoms with Crippen LogP contribution in [0.15, 0.2) is 30.7 Å². The molecule has 0 saturated heterocycles. The van der Waals surface area contributed by atoms with Crippen LogP contribution in [0.2, 0.25) is 0 Å². The van der Waals surface area contributed by atoms with Crippen LogP contribution in [-0.2, 0) is 0 Å². The first-order chi connectivity index (χ1) is 5.92. The number of rotatable bonds is 1. The molecule has 1 heterocycles. The van der Waals surface area contributed by atoms with E-state index >= 15 is 0 Å². The highest BCUT2D eigenvalue weighted by Crippen LogP contribution is 2.19. The van der Waals surface area contributed by atoms with E-state index in [-0.39, 0.29) is 0 Å². The van der Waals surface area contributed by atoms with Gasteiger partial charge in [0.1, 0.15) is 6.33 Å². The lowest BCUT2D eigenvalue weighted by atomic mass is 10.2. The number of nitrogens with one attached hydrogen (secondary N) is 1. The molecule has 12 heavy (non-hydrogen) atoms. The number of hydrogen-bond donors (Lipinski definition) is 1. The summed E-state index contributed by atoms with van der Waals surface area (Å²) < 4.78 is 0.